The molecule has 0 radical (unpaired) electrons. The summed E-state index contributed by atoms with van der Waals surface area (Å²) in [5.41, 5.74) is 2.14. The third kappa shape index (κ3) is 4.30. The minimum atomic E-state index is 0.0476. The van der Waals surface area contributed by atoms with E-state index in [2.05, 4.69) is 19.1 Å². The lowest BCUT2D eigenvalue weighted by Crippen LogP contribution is -2.30. The van der Waals surface area contributed by atoms with Crippen molar-refractivity contribution in [3.8, 4) is 0 Å². The maximum absolute atomic E-state index is 13.1. The summed E-state index contributed by atoms with van der Waals surface area (Å²) in [6, 6.07) is 10.2. The first-order valence-corrected chi connectivity index (χ1v) is 11.7. The van der Waals surface area contributed by atoms with Gasteiger partial charge in [0.05, 0.1) is 16.3 Å². The normalized spacial score (nSPS) is 18.5. The minimum absolute atomic E-state index is 0.0476. The van der Waals surface area contributed by atoms with E-state index in [0.717, 1.165) is 49.4 Å². The maximum atomic E-state index is 13.1. The number of benzene rings is 1. The smallest absolute Gasteiger partial charge is 0.268 e. The van der Waals surface area contributed by atoms with E-state index < -0.39 is 0 Å². The number of amides is 1. The van der Waals surface area contributed by atoms with Crippen LogP contribution in [0.15, 0.2) is 45.2 Å². The average Bonchev–Trinajstić information content (AvgIpc) is 3.36. The Labute approximate surface area is 173 Å². The molecule has 0 spiro atoms. The van der Waals surface area contributed by atoms with Crippen LogP contribution in [0.4, 0.5) is 0 Å². The number of aryl methyl sites for hydroxylation is 1. The van der Waals surface area contributed by atoms with E-state index in [1.54, 1.807) is 16.3 Å². The van der Waals surface area contributed by atoms with Crippen LogP contribution in [0.1, 0.15) is 31.0 Å². The standard InChI is InChI=1S/C21H25N3O2S2/c1-15-13-17-19(28-15)20(26)24(12-9-16-7-3-2-4-8-16)21(22-17)27-14-18(25)23-10-5-6-11-23/h2-4,7-8,15H,5-6,9-14H2,1H3/t15-/m1/s1. The first-order chi connectivity index (χ1) is 13.6. The van der Waals surface area contributed by atoms with Gasteiger partial charge in [0.1, 0.15) is 0 Å². The number of rotatable bonds is 6. The zero-order valence-electron chi connectivity index (χ0n) is 16.1. The molecule has 1 aromatic heterocycles. The van der Waals surface area contributed by atoms with Crippen molar-refractivity contribution in [3.05, 3.63) is 51.9 Å². The van der Waals surface area contributed by atoms with Gasteiger partial charge in [-0.25, -0.2) is 4.98 Å². The number of nitrogens with zero attached hydrogens (tertiary/aromatic N) is 3. The highest BCUT2D eigenvalue weighted by molar-refractivity contribution is 8.00. The zero-order valence-corrected chi connectivity index (χ0v) is 17.7. The van der Waals surface area contributed by atoms with Gasteiger partial charge in [-0.1, -0.05) is 49.0 Å². The number of fused-ring (bicyclic) bond motifs is 1. The van der Waals surface area contributed by atoms with E-state index in [1.165, 1.54) is 17.3 Å². The summed E-state index contributed by atoms with van der Waals surface area (Å²) in [4.78, 5) is 33.1. The van der Waals surface area contributed by atoms with Crippen molar-refractivity contribution in [1.29, 1.82) is 0 Å². The SMILES string of the molecule is C[C@@H]1Cc2nc(SCC(=O)N3CCCC3)n(CCc3ccccc3)c(=O)c2S1. The van der Waals surface area contributed by atoms with Gasteiger partial charge < -0.3 is 4.90 Å². The van der Waals surface area contributed by atoms with Gasteiger partial charge in [0.2, 0.25) is 5.91 Å². The molecule has 1 aromatic carbocycles. The van der Waals surface area contributed by atoms with Gasteiger partial charge in [-0.3, -0.25) is 14.2 Å². The molecule has 1 saturated heterocycles. The van der Waals surface area contributed by atoms with E-state index in [1.807, 2.05) is 23.1 Å². The van der Waals surface area contributed by atoms with Crippen LogP contribution in [0.2, 0.25) is 0 Å². The number of hydrogen-bond donors (Lipinski definition) is 0. The van der Waals surface area contributed by atoms with Crippen LogP contribution < -0.4 is 5.56 Å². The average molecular weight is 416 g/mol. The monoisotopic (exact) mass is 415 g/mol. The number of aromatic nitrogens is 2. The summed E-state index contributed by atoms with van der Waals surface area (Å²) >= 11 is 3.04. The highest BCUT2D eigenvalue weighted by Crippen LogP contribution is 2.34. The number of carbonyl (C=O) groups is 1. The van der Waals surface area contributed by atoms with E-state index >= 15 is 0 Å². The third-order valence-corrected chi connectivity index (χ3v) is 7.39. The highest BCUT2D eigenvalue weighted by atomic mass is 32.2. The lowest BCUT2D eigenvalue weighted by molar-refractivity contribution is -0.127. The van der Waals surface area contributed by atoms with Gasteiger partial charge in [-0.15, -0.1) is 11.8 Å². The molecule has 0 saturated carbocycles. The summed E-state index contributed by atoms with van der Waals surface area (Å²) in [6.45, 7) is 4.42. The van der Waals surface area contributed by atoms with Gasteiger partial charge in [0, 0.05) is 31.3 Å². The molecule has 0 unspecified atom stereocenters. The zero-order chi connectivity index (χ0) is 19.5. The van der Waals surface area contributed by atoms with Gasteiger partial charge in [0.25, 0.3) is 5.56 Å². The molecule has 0 bridgehead atoms. The second kappa shape index (κ2) is 8.74. The first kappa shape index (κ1) is 19.6. The molecule has 0 aliphatic carbocycles. The molecule has 148 valence electrons. The highest BCUT2D eigenvalue weighted by Gasteiger charge is 2.27. The van der Waals surface area contributed by atoms with E-state index in [9.17, 15) is 9.59 Å². The van der Waals surface area contributed by atoms with Crippen molar-refractivity contribution in [2.75, 3.05) is 18.8 Å². The van der Waals surface area contributed by atoms with Gasteiger partial charge in [0.15, 0.2) is 5.16 Å². The fourth-order valence-corrected chi connectivity index (χ4v) is 5.77. The van der Waals surface area contributed by atoms with Gasteiger partial charge >= 0.3 is 0 Å². The lowest BCUT2D eigenvalue weighted by Gasteiger charge is -2.16. The van der Waals surface area contributed by atoms with Crippen LogP contribution in [0.25, 0.3) is 0 Å². The fourth-order valence-electron chi connectivity index (χ4n) is 3.71. The summed E-state index contributed by atoms with van der Waals surface area (Å²) in [7, 11) is 0. The van der Waals surface area contributed by atoms with E-state index in [-0.39, 0.29) is 11.5 Å². The topological polar surface area (TPSA) is 55.2 Å². The number of thioether (sulfide) groups is 2. The van der Waals surface area contributed by atoms with E-state index in [4.69, 9.17) is 4.98 Å². The lowest BCUT2D eigenvalue weighted by atomic mass is 10.1. The Morgan fingerprint density at radius 1 is 1.25 bits per heavy atom. The Morgan fingerprint density at radius 2 is 2.00 bits per heavy atom. The Bertz CT molecular complexity index is 908. The second-order valence-corrected chi connectivity index (χ2v) is 9.76. The number of carbonyl (C=O) groups excluding carboxylic acids is 1. The molecule has 1 atom stereocenters. The van der Waals surface area contributed by atoms with Crippen molar-refractivity contribution in [2.45, 2.75) is 54.5 Å². The Hall–Kier alpha value is -1.73. The molecule has 2 aromatic rings. The van der Waals surface area contributed by atoms with Crippen LogP contribution in [0.3, 0.4) is 0 Å². The molecule has 28 heavy (non-hydrogen) atoms. The number of likely N-dealkylation sites (tertiary alicyclic amines) is 1. The molecule has 1 fully saturated rings. The van der Waals surface area contributed by atoms with Crippen LogP contribution >= 0.6 is 23.5 Å². The van der Waals surface area contributed by atoms with Crippen molar-refractivity contribution in [2.24, 2.45) is 0 Å². The van der Waals surface area contributed by atoms with Crippen LogP contribution in [0, 0.1) is 0 Å². The molecule has 2 aliphatic heterocycles. The van der Waals surface area contributed by atoms with E-state index in [0.29, 0.717) is 22.7 Å². The van der Waals surface area contributed by atoms with Crippen LogP contribution in [-0.4, -0.2) is 44.5 Å². The van der Waals surface area contributed by atoms with Crippen LogP contribution in [-0.2, 0) is 24.2 Å². The molecule has 3 heterocycles. The van der Waals surface area contributed by atoms with Crippen molar-refractivity contribution < 1.29 is 4.79 Å². The predicted octanol–water partition coefficient (Wildman–Crippen LogP) is 3.24. The third-order valence-electron chi connectivity index (χ3n) is 5.21. The molecular formula is C21H25N3O2S2. The second-order valence-electron chi connectivity index (χ2n) is 7.37. The molecule has 7 heteroatoms. The Morgan fingerprint density at radius 3 is 2.75 bits per heavy atom. The maximum Gasteiger partial charge on any atom is 0.268 e. The van der Waals surface area contributed by atoms with Gasteiger partial charge in [-0.05, 0) is 24.8 Å². The predicted molar refractivity (Wildman–Crippen MR) is 114 cm³/mol. The first-order valence-electron chi connectivity index (χ1n) is 9.86. The molecular weight excluding hydrogens is 390 g/mol. The molecule has 1 amide bonds. The van der Waals surface area contributed by atoms with Crippen molar-refractivity contribution >= 4 is 29.4 Å². The summed E-state index contributed by atoms with van der Waals surface area (Å²) < 4.78 is 1.78. The van der Waals surface area contributed by atoms with Crippen molar-refractivity contribution in [1.82, 2.24) is 14.5 Å². The van der Waals surface area contributed by atoms with Gasteiger partial charge in [-0.2, -0.15) is 0 Å². The van der Waals surface area contributed by atoms with Crippen LogP contribution in [0.5, 0.6) is 0 Å². The Kier molecular flexibility index (Phi) is 6.11. The summed E-state index contributed by atoms with van der Waals surface area (Å²) in [6.07, 6.45) is 3.77. The number of hydrogen-bond acceptors (Lipinski definition) is 5. The fraction of sp³-hybridized carbons (Fsp3) is 0.476. The molecule has 5 nitrogen and oxygen atoms in total. The Balaban J connectivity index is 1.56. The molecule has 0 N–H and O–H groups in total. The molecule has 2 aliphatic rings. The summed E-state index contributed by atoms with van der Waals surface area (Å²) in [5, 5.41) is 1.06. The molecule has 4 rings (SSSR count). The van der Waals surface area contributed by atoms with Crippen molar-refractivity contribution in [3.63, 3.8) is 0 Å². The minimum Gasteiger partial charge on any atom is -0.342 e. The quantitative estimate of drug-likeness (QED) is 0.536. The summed E-state index contributed by atoms with van der Waals surface area (Å²) in [5.74, 6) is 0.494. The largest absolute Gasteiger partial charge is 0.342 e.